The Kier molecular flexibility index (Phi) is 5.29. The highest BCUT2D eigenvalue weighted by molar-refractivity contribution is 5.53. The van der Waals surface area contributed by atoms with Gasteiger partial charge in [-0.3, -0.25) is 0 Å². The highest BCUT2D eigenvalue weighted by Crippen LogP contribution is 2.07. The summed E-state index contributed by atoms with van der Waals surface area (Å²) in [7, 11) is 0. The Morgan fingerprint density at radius 1 is 0.941 bits per heavy atom. The number of nitrogens with zero attached hydrogens (tertiary/aromatic N) is 1. The SMILES string of the molecule is N#Cc1ccccc1N.NCc1ccccc1. The third-order valence-corrected chi connectivity index (χ3v) is 2.16. The van der Waals surface area contributed by atoms with Crippen molar-refractivity contribution in [3.8, 4) is 6.07 Å². The molecule has 0 saturated carbocycles. The molecule has 0 heterocycles. The molecule has 2 aromatic rings. The van der Waals surface area contributed by atoms with Crippen molar-refractivity contribution in [2.45, 2.75) is 6.54 Å². The molecule has 0 amide bonds. The molecule has 0 spiro atoms. The van der Waals surface area contributed by atoms with Crippen LogP contribution in [0.25, 0.3) is 0 Å². The van der Waals surface area contributed by atoms with E-state index in [0.29, 0.717) is 17.8 Å². The van der Waals surface area contributed by atoms with Crippen molar-refractivity contribution in [2.75, 3.05) is 5.73 Å². The minimum Gasteiger partial charge on any atom is -0.398 e. The van der Waals surface area contributed by atoms with Gasteiger partial charge in [0.2, 0.25) is 0 Å². The van der Waals surface area contributed by atoms with E-state index in [4.69, 9.17) is 16.7 Å². The molecule has 4 N–H and O–H groups in total. The average Bonchev–Trinajstić information content (AvgIpc) is 2.41. The van der Waals surface area contributed by atoms with E-state index in [1.54, 1.807) is 24.3 Å². The van der Waals surface area contributed by atoms with Crippen LogP contribution in [-0.4, -0.2) is 0 Å². The van der Waals surface area contributed by atoms with Crippen LogP contribution in [0.1, 0.15) is 11.1 Å². The molecule has 0 bridgehead atoms. The first kappa shape index (κ1) is 12.8. The molecule has 2 aromatic carbocycles. The molecule has 3 nitrogen and oxygen atoms in total. The van der Waals surface area contributed by atoms with Crippen molar-refractivity contribution < 1.29 is 0 Å². The van der Waals surface area contributed by atoms with Crippen LogP contribution in [0.4, 0.5) is 5.69 Å². The van der Waals surface area contributed by atoms with E-state index in [2.05, 4.69) is 0 Å². The fraction of sp³-hybridized carbons (Fsp3) is 0.0714. The first-order valence-corrected chi connectivity index (χ1v) is 5.26. The molecule has 0 aliphatic rings. The van der Waals surface area contributed by atoms with Crippen molar-refractivity contribution in [2.24, 2.45) is 5.73 Å². The summed E-state index contributed by atoms with van der Waals surface area (Å²) < 4.78 is 0. The first-order valence-electron chi connectivity index (χ1n) is 5.26. The van der Waals surface area contributed by atoms with E-state index >= 15 is 0 Å². The Morgan fingerprint density at radius 2 is 1.53 bits per heavy atom. The zero-order chi connectivity index (χ0) is 12.5. The predicted octanol–water partition coefficient (Wildman–Crippen LogP) is 2.29. The minimum atomic E-state index is 0.539. The van der Waals surface area contributed by atoms with E-state index < -0.39 is 0 Å². The normalized spacial score (nSPS) is 8.71. The van der Waals surface area contributed by atoms with Crippen LogP contribution in [0.15, 0.2) is 54.6 Å². The van der Waals surface area contributed by atoms with Gasteiger partial charge < -0.3 is 11.5 Å². The van der Waals surface area contributed by atoms with Gasteiger partial charge in [-0.25, -0.2) is 0 Å². The third-order valence-electron chi connectivity index (χ3n) is 2.16. The molecule has 0 unspecified atom stereocenters. The number of rotatable bonds is 1. The highest BCUT2D eigenvalue weighted by Gasteiger charge is 1.90. The number of hydrogen-bond donors (Lipinski definition) is 2. The summed E-state index contributed by atoms with van der Waals surface area (Å²) in [6.07, 6.45) is 0. The molecular weight excluding hydrogens is 210 g/mol. The molecule has 0 saturated heterocycles. The number of hydrogen-bond acceptors (Lipinski definition) is 3. The summed E-state index contributed by atoms with van der Waals surface area (Å²) in [5.74, 6) is 0. The fourth-order valence-corrected chi connectivity index (χ4v) is 1.21. The maximum atomic E-state index is 8.39. The Bertz CT molecular complexity index is 486. The topological polar surface area (TPSA) is 75.8 Å². The molecular formula is C14H15N3. The maximum Gasteiger partial charge on any atom is 0.101 e. The van der Waals surface area contributed by atoms with Gasteiger partial charge in [0.05, 0.1) is 5.56 Å². The van der Waals surface area contributed by atoms with Gasteiger partial charge in [0, 0.05) is 12.2 Å². The van der Waals surface area contributed by atoms with Gasteiger partial charge in [-0.1, -0.05) is 42.5 Å². The number of para-hydroxylation sites is 1. The second-order valence-electron chi connectivity index (χ2n) is 3.39. The molecule has 17 heavy (non-hydrogen) atoms. The molecule has 3 heteroatoms. The van der Waals surface area contributed by atoms with E-state index in [0.717, 1.165) is 0 Å². The Labute approximate surface area is 101 Å². The highest BCUT2D eigenvalue weighted by atomic mass is 14.6. The van der Waals surface area contributed by atoms with Crippen LogP contribution in [0.3, 0.4) is 0 Å². The minimum absolute atomic E-state index is 0.539. The van der Waals surface area contributed by atoms with Crippen LogP contribution in [-0.2, 0) is 6.54 Å². The van der Waals surface area contributed by atoms with Gasteiger partial charge in [-0.05, 0) is 17.7 Å². The second kappa shape index (κ2) is 7.04. The standard InChI is InChI=1S/C7H6N2.C7H9N/c8-5-6-3-1-2-4-7(6)9;8-6-7-4-2-1-3-5-7/h1-4H,9H2;1-5H,6,8H2. The molecule has 86 valence electrons. The van der Waals surface area contributed by atoms with Gasteiger partial charge in [0.1, 0.15) is 6.07 Å². The van der Waals surface area contributed by atoms with Crippen molar-refractivity contribution in [1.82, 2.24) is 0 Å². The lowest BCUT2D eigenvalue weighted by Crippen LogP contribution is -1.94. The molecule has 0 aromatic heterocycles. The number of anilines is 1. The molecule has 0 atom stereocenters. The summed E-state index contributed by atoms with van der Waals surface area (Å²) in [5.41, 5.74) is 13.0. The summed E-state index contributed by atoms with van der Waals surface area (Å²) >= 11 is 0. The lowest BCUT2D eigenvalue weighted by atomic mass is 10.2. The van der Waals surface area contributed by atoms with Crippen LogP contribution in [0.2, 0.25) is 0 Å². The number of nitrogen functional groups attached to an aromatic ring is 1. The summed E-state index contributed by atoms with van der Waals surface area (Å²) in [4.78, 5) is 0. The van der Waals surface area contributed by atoms with E-state index in [9.17, 15) is 0 Å². The first-order chi connectivity index (χ1) is 8.27. The van der Waals surface area contributed by atoms with Crippen molar-refractivity contribution >= 4 is 5.69 Å². The molecule has 0 aliphatic carbocycles. The largest absolute Gasteiger partial charge is 0.398 e. The van der Waals surface area contributed by atoms with Crippen LogP contribution < -0.4 is 11.5 Å². The van der Waals surface area contributed by atoms with Gasteiger partial charge in [0.25, 0.3) is 0 Å². The predicted molar refractivity (Wildman–Crippen MR) is 69.9 cm³/mol. The smallest absolute Gasteiger partial charge is 0.101 e. The van der Waals surface area contributed by atoms with Gasteiger partial charge in [-0.2, -0.15) is 5.26 Å². The Hall–Kier alpha value is -2.31. The summed E-state index contributed by atoms with van der Waals surface area (Å²) in [5, 5.41) is 8.39. The summed E-state index contributed by atoms with van der Waals surface area (Å²) in [6, 6.07) is 18.9. The zero-order valence-corrected chi connectivity index (χ0v) is 9.51. The van der Waals surface area contributed by atoms with Crippen LogP contribution >= 0.6 is 0 Å². The number of benzene rings is 2. The van der Waals surface area contributed by atoms with E-state index in [1.165, 1.54) is 5.56 Å². The van der Waals surface area contributed by atoms with Gasteiger partial charge in [0.15, 0.2) is 0 Å². The van der Waals surface area contributed by atoms with Crippen molar-refractivity contribution in [3.63, 3.8) is 0 Å². The molecule has 0 fully saturated rings. The maximum absolute atomic E-state index is 8.39. The Morgan fingerprint density at radius 3 is 1.94 bits per heavy atom. The zero-order valence-electron chi connectivity index (χ0n) is 9.51. The molecule has 0 aliphatic heterocycles. The number of nitrogens with two attached hydrogens (primary N) is 2. The van der Waals surface area contributed by atoms with Crippen LogP contribution in [0, 0.1) is 11.3 Å². The molecule has 0 radical (unpaired) electrons. The lowest BCUT2D eigenvalue weighted by molar-refractivity contribution is 1.07. The van der Waals surface area contributed by atoms with Gasteiger partial charge >= 0.3 is 0 Å². The van der Waals surface area contributed by atoms with Crippen molar-refractivity contribution in [1.29, 1.82) is 5.26 Å². The van der Waals surface area contributed by atoms with Gasteiger partial charge in [-0.15, -0.1) is 0 Å². The average molecular weight is 225 g/mol. The van der Waals surface area contributed by atoms with Crippen LogP contribution in [0.5, 0.6) is 0 Å². The second-order valence-corrected chi connectivity index (χ2v) is 3.39. The Balaban J connectivity index is 0.000000171. The third kappa shape index (κ3) is 4.37. The number of nitriles is 1. The molecule has 2 rings (SSSR count). The monoisotopic (exact) mass is 225 g/mol. The lowest BCUT2D eigenvalue weighted by Gasteiger charge is -1.91. The van der Waals surface area contributed by atoms with E-state index in [-0.39, 0.29) is 0 Å². The quantitative estimate of drug-likeness (QED) is 0.731. The van der Waals surface area contributed by atoms with E-state index in [1.807, 2.05) is 36.4 Å². The van der Waals surface area contributed by atoms with Crippen molar-refractivity contribution in [3.05, 3.63) is 65.7 Å². The fourth-order valence-electron chi connectivity index (χ4n) is 1.21. The summed E-state index contributed by atoms with van der Waals surface area (Å²) in [6.45, 7) is 0.640.